The lowest BCUT2D eigenvalue weighted by Gasteiger charge is -2.32. The second-order valence-electron chi connectivity index (χ2n) is 8.33. The Hall–Kier alpha value is -2.37. The van der Waals surface area contributed by atoms with Gasteiger partial charge in [0.05, 0.1) is 0 Å². The largest absolute Gasteiger partial charge is 0.354 e. The van der Waals surface area contributed by atoms with E-state index < -0.39 is 6.04 Å². The van der Waals surface area contributed by atoms with Crippen LogP contribution in [0.2, 0.25) is 5.02 Å². The fourth-order valence-corrected chi connectivity index (χ4v) is 4.67. The summed E-state index contributed by atoms with van der Waals surface area (Å²) in [6.07, 6.45) is 2.71. The number of halogens is 1. The average Bonchev–Trinajstić information content (AvgIpc) is 3.15. The number of hydrogen-bond donors (Lipinski definition) is 1. The molecule has 5 nitrogen and oxygen atoms in total. The minimum atomic E-state index is -0.440. The van der Waals surface area contributed by atoms with Crippen molar-refractivity contribution >= 4 is 29.1 Å². The molecule has 30 heavy (non-hydrogen) atoms. The van der Waals surface area contributed by atoms with Crippen LogP contribution < -0.4 is 10.2 Å². The van der Waals surface area contributed by atoms with E-state index >= 15 is 0 Å². The van der Waals surface area contributed by atoms with Crippen molar-refractivity contribution in [3.8, 4) is 0 Å². The number of likely N-dealkylation sites (tertiary alicyclic amines) is 1. The molecule has 1 N–H and O–H groups in total. The van der Waals surface area contributed by atoms with Crippen molar-refractivity contribution in [2.75, 3.05) is 24.5 Å². The highest BCUT2D eigenvalue weighted by Gasteiger charge is 2.36. The molecular weight excluding hydrogens is 398 g/mol. The highest BCUT2D eigenvalue weighted by molar-refractivity contribution is 6.30. The molecule has 6 heteroatoms. The van der Waals surface area contributed by atoms with E-state index in [1.54, 1.807) is 4.90 Å². The number of benzene rings is 2. The van der Waals surface area contributed by atoms with Crippen LogP contribution in [-0.2, 0) is 22.6 Å². The van der Waals surface area contributed by atoms with Crippen molar-refractivity contribution < 1.29 is 9.59 Å². The van der Waals surface area contributed by atoms with Gasteiger partial charge < -0.3 is 5.32 Å². The van der Waals surface area contributed by atoms with Crippen molar-refractivity contribution in [2.24, 2.45) is 5.92 Å². The molecule has 0 aromatic heterocycles. The molecule has 0 spiro atoms. The van der Waals surface area contributed by atoms with E-state index in [0.29, 0.717) is 18.9 Å². The van der Waals surface area contributed by atoms with Gasteiger partial charge in [-0.05, 0) is 61.2 Å². The number of hydrogen-bond acceptors (Lipinski definition) is 3. The van der Waals surface area contributed by atoms with E-state index in [2.05, 4.69) is 22.3 Å². The number of rotatable bonds is 5. The van der Waals surface area contributed by atoms with Gasteiger partial charge in [0.1, 0.15) is 6.04 Å². The highest BCUT2D eigenvalue weighted by Crippen LogP contribution is 2.32. The van der Waals surface area contributed by atoms with E-state index in [1.807, 2.05) is 36.4 Å². The summed E-state index contributed by atoms with van der Waals surface area (Å²) in [6.45, 7) is 5.18. The third-order valence-electron chi connectivity index (χ3n) is 6.21. The predicted octanol–water partition coefficient (Wildman–Crippen LogP) is 3.65. The van der Waals surface area contributed by atoms with Gasteiger partial charge in [-0.15, -0.1) is 0 Å². The van der Waals surface area contributed by atoms with Crippen molar-refractivity contribution in [1.82, 2.24) is 10.2 Å². The van der Waals surface area contributed by atoms with Gasteiger partial charge in [0.15, 0.2) is 0 Å². The number of carbonyl (C=O) groups is 2. The van der Waals surface area contributed by atoms with E-state index in [-0.39, 0.29) is 11.8 Å². The van der Waals surface area contributed by atoms with Gasteiger partial charge >= 0.3 is 0 Å². The second kappa shape index (κ2) is 9.19. The number of piperidine rings is 1. The molecule has 4 rings (SSSR count). The summed E-state index contributed by atoms with van der Waals surface area (Å²) in [5, 5.41) is 3.88. The SMILES string of the molecule is CC(=O)N1c2ccccc2C[C@@H]1C(=O)NCC1CCN(Cc2ccc(Cl)cc2)CC1. The first-order valence-electron chi connectivity index (χ1n) is 10.6. The zero-order valence-electron chi connectivity index (χ0n) is 17.3. The number of fused-ring (bicyclic) bond motifs is 1. The predicted molar refractivity (Wildman–Crippen MR) is 120 cm³/mol. The van der Waals surface area contributed by atoms with E-state index in [1.165, 1.54) is 12.5 Å². The van der Waals surface area contributed by atoms with Crippen LogP contribution in [-0.4, -0.2) is 42.4 Å². The average molecular weight is 426 g/mol. The summed E-state index contributed by atoms with van der Waals surface area (Å²) in [4.78, 5) is 29.1. The Labute approximate surface area is 183 Å². The molecule has 0 bridgehead atoms. The fraction of sp³-hybridized carbons (Fsp3) is 0.417. The van der Waals surface area contributed by atoms with Gasteiger partial charge in [-0.25, -0.2) is 0 Å². The third-order valence-corrected chi connectivity index (χ3v) is 6.46. The molecule has 2 heterocycles. The number of nitrogens with zero attached hydrogens (tertiary/aromatic N) is 2. The van der Waals surface area contributed by atoms with E-state index in [4.69, 9.17) is 11.6 Å². The monoisotopic (exact) mass is 425 g/mol. The first kappa shape index (κ1) is 20.9. The standard InChI is InChI=1S/C24H28ClN3O2/c1-17(29)28-22-5-3-2-4-20(22)14-23(28)24(30)26-15-18-10-12-27(13-11-18)16-19-6-8-21(25)9-7-19/h2-9,18,23H,10-16H2,1H3,(H,26,30)/t23-/m1/s1. The normalized spacial score (nSPS) is 19.5. The van der Waals surface area contributed by atoms with Crippen LogP contribution in [0.25, 0.3) is 0 Å². The minimum absolute atomic E-state index is 0.0509. The zero-order chi connectivity index (χ0) is 21.1. The Balaban J connectivity index is 1.26. The Bertz CT molecular complexity index is 907. The maximum absolute atomic E-state index is 12.9. The zero-order valence-corrected chi connectivity index (χ0v) is 18.1. The van der Waals surface area contributed by atoms with Crippen LogP contribution in [0.1, 0.15) is 30.9 Å². The molecule has 1 atom stereocenters. The summed E-state index contributed by atoms with van der Waals surface area (Å²) >= 11 is 5.96. The number of amides is 2. The smallest absolute Gasteiger partial charge is 0.243 e. The lowest BCUT2D eigenvalue weighted by atomic mass is 9.96. The summed E-state index contributed by atoms with van der Waals surface area (Å²) in [5.74, 6) is 0.338. The maximum Gasteiger partial charge on any atom is 0.243 e. The first-order chi connectivity index (χ1) is 14.5. The Morgan fingerprint density at radius 3 is 2.47 bits per heavy atom. The van der Waals surface area contributed by atoms with Crippen LogP contribution in [0.15, 0.2) is 48.5 Å². The van der Waals surface area contributed by atoms with Crippen molar-refractivity contribution in [1.29, 1.82) is 0 Å². The molecule has 1 fully saturated rings. The Morgan fingerprint density at radius 2 is 1.77 bits per heavy atom. The number of carbonyl (C=O) groups excluding carboxylic acids is 2. The van der Waals surface area contributed by atoms with Crippen LogP contribution in [0.4, 0.5) is 5.69 Å². The lowest BCUT2D eigenvalue weighted by molar-refractivity contribution is -0.125. The summed E-state index contributed by atoms with van der Waals surface area (Å²) in [5.41, 5.74) is 3.19. The quantitative estimate of drug-likeness (QED) is 0.795. The minimum Gasteiger partial charge on any atom is -0.354 e. The Morgan fingerprint density at radius 1 is 1.07 bits per heavy atom. The van der Waals surface area contributed by atoms with Crippen LogP contribution in [0, 0.1) is 5.92 Å². The van der Waals surface area contributed by atoms with Gasteiger partial charge in [-0.2, -0.15) is 0 Å². The van der Waals surface area contributed by atoms with Gasteiger partial charge in [0.2, 0.25) is 11.8 Å². The van der Waals surface area contributed by atoms with Gasteiger partial charge in [0, 0.05) is 37.1 Å². The molecule has 2 aromatic carbocycles. The fourth-order valence-electron chi connectivity index (χ4n) is 4.54. The molecule has 0 radical (unpaired) electrons. The van der Waals surface area contributed by atoms with E-state index in [0.717, 1.165) is 48.7 Å². The van der Waals surface area contributed by atoms with Gasteiger partial charge in [-0.3, -0.25) is 19.4 Å². The Kier molecular flexibility index (Phi) is 6.40. The molecular formula is C24H28ClN3O2. The van der Waals surface area contributed by atoms with Crippen molar-refractivity contribution in [3.05, 3.63) is 64.7 Å². The van der Waals surface area contributed by atoms with Crippen LogP contribution in [0.5, 0.6) is 0 Å². The molecule has 2 aliphatic rings. The van der Waals surface area contributed by atoms with Gasteiger partial charge in [-0.1, -0.05) is 41.9 Å². The van der Waals surface area contributed by atoms with Crippen molar-refractivity contribution in [2.45, 2.75) is 38.8 Å². The molecule has 158 valence electrons. The molecule has 1 saturated heterocycles. The molecule has 0 unspecified atom stereocenters. The number of para-hydroxylation sites is 1. The molecule has 2 aliphatic heterocycles. The van der Waals surface area contributed by atoms with Crippen molar-refractivity contribution in [3.63, 3.8) is 0 Å². The number of nitrogens with one attached hydrogen (secondary N) is 1. The number of anilines is 1. The summed E-state index contributed by atoms with van der Waals surface area (Å²) in [7, 11) is 0. The maximum atomic E-state index is 12.9. The summed E-state index contributed by atoms with van der Waals surface area (Å²) in [6, 6.07) is 15.4. The van der Waals surface area contributed by atoms with Gasteiger partial charge in [0.25, 0.3) is 0 Å². The second-order valence-corrected chi connectivity index (χ2v) is 8.77. The molecule has 0 aliphatic carbocycles. The molecule has 0 saturated carbocycles. The van der Waals surface area contributed by atoms with E-state index in [9.17, 15) is 9.59 Å². The highest BCUT2D eigenvalue weighted by atomic mass is 35.5. The lowest BCUT2D eigenvalue weighted by Crippen LogP contribution is -2.49. The van der Waals surface area contributed by atoms with Crippen LogP contribution >= 0.6 is 11.6 Å². The first-order valence-corrected chi connectivity index (χ1v) is 11.0. The van der Waals surface area contributed by atoms with Crippen LogP contribution in [0.3, 0.4) is 0 Å². The third kappa shape index (κ3) is 4.68. The summed E-state index contributed by atoms with van der Waals surface area (Å²) < 4.78 is 0. The molecule has 2 amide bonds. The molecule has 2 aromatic rings. The topological polar surface area (TPSA) is 52.7 Å².